The van der Waals surface area contributed by atoms with Crippen molar-refractivity contribution >= 4 is 21.7 Å². The summed E-state index contributed by atoms with van der Waals surface area (Å²) in [6, 6.07) is 15.7. The van der Waals surface area contributed by atoms with E-state index < -0.39 is 0 Å². The molecule has 0 amide bonds. The van der Waals surface area contributed by atoms with E-state index in [4.69, 9.17) is 4.74 Å². The Morgan fingerprint density at radius 1 is 1.00 bits per heavy atom. The van der Waals surface area contributed by atoms with Gasteiger partial charge in [-0.25, -0.2) is 0 Å². The van der Waals surface area contributed by atoms with E-state index in [1.54, 1.807) is 0 Å². The van der Waals surface area contributed by atoms with E-state index in [1.165, 1.54) is 5.56 Å². The van der Waals surface area contributed by atoms with Gasteiger partial charge in [0.1, 0.15) is 6.61 Å². The van der Waals surface area contributed by atoms with E-state index in [0.717, 1.165) is 22.9 Å². The van der Waals surface area contributed by atoms with Crippen LogP contribution in [-0.2, 0) is 17.8 Å². The Kier molecular flexibility index (Phi) is 6.15. The molecule has 2 rings (SSSR count). The largest absolute Gasteiger partial charge is 0.369 e. The molecule has 0 N–H and O–H groups in total. The molecule has 2 aromatic carbocycles. The van der Waals surface area contributed by atoms with E-state index in [9.17, 15) is 4.79 Å². The van der Waals surface area contributed by atoms with Gasteiger partial charge in [-0.15, -0.1) is 0 Å². The van der Waals surface area contributed by atoms with Crippen LogP contribution in [0.25, 0.3) is 0 Å². The molecule has 0 aromatic heterocycles. The standard InChI is InChI=1S/C18H19BrO2/c1-2-3-14-4-8-16(9-5-14)18(20)13-21-12-15-6-10-17(19)11-7-15/h4-11H,2-3,12-13H2,1H3. The molecule has 0 aliphatic rings. The third kappa shape index (κ3) is 5.10. The summed E-state index contributed by atoms with van der Waals surface area (Å²) in [5.41, 5.74) is 3.04. The summed E-state index contributed by atoms with van der Waals surface area (Å²) >= 11 is 3.39. The number of benzene rings is 2. The lowest BCUT2D eigenvalue weighted by Crippen LogP contribution is -2.09. The number of rotatable bonds is 7. The Hall–Kier alpha value is -1.45. The molecule has 21 heavy (non-hydrogen) atoms. The fourth-order valence-corrected chi connectivity index (χ4v) is 2.34. The third-order valence-corrected chi connectivity index (χ3v) is 3.76. The van der Waals surface area contributed by atoms with Gasteiger partial charge in [-0.1, -0.05) is 65.7 Å². The zero-order valence-corrected chi connectivity index (χ0v) is 13.7. The van der Waals surface area contributed by atoms with Crippen molar-refractivity contribution in [2.45, 2.75) is 26.4 Å². The SMILES string of the molecule is CCCc1ccc(C(=O)COCc2ccc(Br)cc2)cc1. The van der Waals surface area contributed by atoms with Crippen LogP contribution in [0.4, 0.5) is 0 Å². The van der Waals surface area contributed by atoms with Gasteiger partial charge in [0.05, 0.1) is 6.61 Å². The van der Waals surface area contributed by atoms with Crippen LogP contribution >= 0.6 is 15.9 Å². The number of hydrogen-bond acceptors (Lipinski definition) is 2. The van der Waals surface area contributed by atoms with Crippen LogP contribution in [0.3, 0.4) is 0 Å². The molecule has 110 valence electrons. The van der Waals surface area contributed by atoms with Crippen molar-refractivity contribution in [2.24, 2.45) is 0 Å². The van der Waals surface area contributed by atoms with E-state index in [1.807, 2.05) is 48.5 Å². The minimum atomic E-state index is 0.0233. The topological polar surface area (TPSA) is 26.3 Å². The number of aryl methyl sites for hydroxylation is 1. The smallest absolute Gasteiger partial charge is 0.188 e. The predicted molar refractivity (Wildman–Crippen MR) is 88.6 cm³/mol. The van der Waals surface area contributed by atoms with Crippen molar-refractivity contribution in [3.05, 3.63) is 69.7 Å². The van der Waals surface area contributed by atoms with Gasteiger partial charge in [-0.05, 0) is 29.7 Å². The van der Waals surface area contributed by atoms with Crippen molar-refractivity contribution in [2.75, 3.05) is 6.61 Å². The molecular weight excluding hydrogens is 328 g/mol. The Labute approximate surface area is 134 Å². The number of carbonyl (C=O) groups is 1. The van der Waals surface area contributed by atoms with Crippen molar-refractivity contribution in [3.63, 3.8) is 0 Å². The zero-order chi connectivity index (χ0) is 15.1. The number of Topliss-reactive ketones (excluding diaryl/α,β-unsaturated/α-hetero) is 1. The highest BCUT2D eigenvalue weighted by atomic mass is 79.9. The minimum absolute atomic E-state index is 0.0233. The molecule has 0 radical (unpaired) electrons. The summed E-state index contributed by atoms with van der Waals surface area (Å²) < 4.78 is 6.53. The van der Waals surface area contributed by atoms with Crippen LogP contribution in [0.5, 0.6) is 0 Å². The van der Waals surface area contributed by atoms with Gasteiger partial charge < -0.3 is 4.74 Å². The fraction of sp³-hybridized carbons (Fsp3) is 0.278. The van der Waals surface area contributed by atoms with E-state index in [-0.39, 0.29) is 12.4 Å². The molecule has 2 nitrogen and oxygen atoms in total. The second-order valence-corrected chi connectivity index (χ2v) is 5.91. The number of ether oxygens (including phenoxy) is 1. The monoisotopic (exact) mass is 346 g/mol. The first-order valence-corrected chi connectivity index (χ1v) is 7.92. The van der Waals surface area contributed by atoms with E-state index in [0.29, 0.717) is 12.2 Å². The Morgan fingerprint density at radius 2 is 1.62 bits per heavy atom. The molecule has 0 saturated carbocycles. The molecular formula is C18H19BrO2. The molecule has 0 saturated heterocycles. The number of hydrogen-bond donors (Lipinski definition) is 0. The number of ketones is 1. The first-order chi connectivity index (χ1) is 10.2. The van der Waals surface area contributed by atoms with Crippen molar-refractivity contribution < 1.29 is 9.53 Å². The molecule has 2 aromatic rings. The lowest BCUT2D eigenvalue weighted by Gasteiger charge is -2.05. The Bertz CT molecular complexity index is 573. The van der Waals surface area contributed by atoms with E-state index >= 15 is 0 Å². The summed E-state index contributed by atoms with van der Waals surface area (Å²) in [6.45, 7) is 2.71. The van der Waals surface area contributed by atoms with Crippen molar-refractivity contribution in [3.8, 4) is 0 Å². The average molecular weight is 347 g/mol. The average Bonchev–Trinajstić information content (AvgIpc) is 2.50. The van der Waals surface area contributed by atoms with Gasteiger partial charge in [0.2, 0.25) is 0 Å². The molecule has 0 spiro atoms. The van der Waals surface area contributed by atoms with Crippen LogP contribution < -0.4 is 0 Å². The number of carbonyl (C=O) groups excluding carboxylic acids is 1. The van der Waals surface area contributed by atoms with Crippen LogP contribution in [0.15, 0.2) is 53.0 Å². The highest BCUT2D eigenvalue weighted by molar-refractivity contribution is 9.10. The van der Waals surface area contributed by atoms with Gasteiger partial charge in [0.15, 0.2) is 5.78 Å². The Morgan fingerprint density at radius 3 is 2.24 bits per heavy atom. The van der Waals surface area contributed by atoms with E-state index in [2.05, 4.69) is 22.9 Å². The van der Waals surface area contributed by atoms with Gasteiger partial charge >= 0.3 is 0 Å². The number of halogens is 1. The second-order valence-electron chi connectivity index (χ2n) is 4.99. The van der Waals surface area contributed by atoms with Gasteiger partial charge in [0.25, 0.3) is 0 Å². The highest BCUT2D eigenvalue weighted by Crippen LogP contribution is 2.12. The summed E-state index contributed by atoms with van der Waals surface area (Å²) in [5, 5.41) is 0. The van der Waals surface area contributed by atoms with Crippen LogP contribution in [-0.4, -0.2) is 12.4 Å². The van der Waals surface area contributed by atoms with Crippen LogP contribution in [0.2, 0.25) is 0 Å². The lowest BCUT2D eigenvalue weighted by molar-refractivity contribution is 0.0726. The van der Waals surface area contributed by atoms with Crippen molar-refractivity contribution in [1.82, 2.24) is 0 Å². The fourth-order valence-electron chi connectivity index (χ4n) is 2.07. The first kappa shape index (κ1) is 15.9. The molecule has 3 heteroatoms. The van der Waals surface area contributed by atoms with Crippen molar-refractivity contribution in [1.29, 1.82) is 0 Å². The molecule has 0 fully saturated rings. The maximum atomic E-state index is 12.0. The Balaban J connectivity index is 1.82. The molecule has 0 aliphatic carbocycles. The quantitative estimate of drug-likeness (QED) is 0.673. The third-order valence-electron chi connectivity index (χ3n) is 3.23. The predicted octanol–water partition coefficient (Wildman–Crippen LogP) is 4.80. The molecule has 0 unspecified atom stereocenters. The zero-order valence-electron chi connectivity index (χ0n) is 12.1. The maximum Gasteiger partial charge on any atom is 0.188 e. The van der Waals surface area contributed by atoms with Gasteiger partial charge in [-0.2, -0.15) is 0 Å². The van der Waals surface area contributed by atoms with Gasteiger partial charge in [-0.3, -0.25) is 4.79 Å². The molecule has 0 atom stereocenters. The highest BCUT2D eigenvalue weighted by Gasteiger charge is 2.06. The van der Waals surface area contributed by atoms with Gasteiger partial charge in [0, 0.05) is 10.0 Å². The summed E-state index contributed by atoms with van der Waals surface area (Å²) in [6.07, 6.45) is 2.16. The molecule has 0 aliphatic heterocycles. The maximum absolute atomic E-state index is 12.0. The lowest BCUT2D eigenvalue weighted by atomic mass is 10.1. The first-order valence-electron chi connectivity index (χ1n) is 7.13. The summed E-state index contributed by atoms with van der Waals surface area (Å²) in [5.74, 6) is 0.0233. The minimum Gasteiger partial charge on any atom is -0.369 e. The summed E-state index contributed by atoms with van der Waals surface area (Å²) in [7, 11) is 0. The van der Waals surface area contributed by atoms with Crippen LogP contribution in [0.1, 0.15) is 34.8 Å². The second kappa shape index (κ2) is 8.11. The normalized spacial score (nSPS) is 10.6. The molecule has 0 heterocycles. The molecule has 0 bridgehead atoms. The summed E-state index contributed by atoms with van der Waals surface area (Å²) in [4.78, 5) is 12.0. The van der Waals surface area contributed by atoms with Crippen LogP contribution in [0, 0.1) is 0 Å².